The molecule has 3 heteroatoms. The molecule has 0 heterocycles. The Balaban J connectivity index is 2.38. The van der Waals surface area contributed by atoms with Gasteiger partial charge in [0, 0.05) is 11.1 Å². The van der Waals surface area contributed by atoms with E-state index in [0.29, 0.717) is 24.5 Å². The highest BCUT2D eigenvalue weighted by Crippen LogP contribution is 2.34. The van der Waals surface area contributed by atoms with Crippen molar-refractivity contribution in [2.45, 2.75) is 27.2 Å². The van der Waals surface area contributed by atoms with Crippen LogP contribution in [0.4, 0.5) is 0 Å². The summed E-state index contributed by atoms with van der Waals surface area (Å²) in [5.74, 6) is 1.39. The molecule has 0 bridgehead atoms. The number of hydrogen-bond donors (Lipinski definition) is 0. The number of allylic oxidation sites excluding steroid dienone is 1. The van der Waals surface area contributed by atoms with E-state index in [2.05, 4.69) is 6.92 Å². The molecule has 0 unspecified atom stereocenters. The average Bonchev–Trinajstić information content (AvgIpc) is 2.62. The van der Waals surface area contributed by atoms with E-state index in [-0.39, 0.29) is 5.78 Å². The smallest absolute Gasteiger partial charge is 0.185 e. The average molecular weight is 324 g/mol. The van der Waals surface area contributed by atoms with Crippen LogP contribution in [0.1, 0.15) is 42.3 Å². The van der Waals surface area contributed by atoms with Crippen LogP contribution in [0.5, 0.6) is 11.5 Å². The fourth-order valence-corrected chi connectivity index (χ4v) is 2.44. The molecule has 2 aromatic carbocycles. The predicted octanol–water partition coefficient (Wildman–Crippen LogP) is 4.94. The van der Waals surface area contributed by atoms with Crippen molar-refractivity contribution in [3.05, 3.63) is 65.2 Å². The summed E-state index contributed by atoms with van der Waals surface area (Å²) in [6.07, 6.45) is 4.28. The van der Waals surface area contributed by atoms with Crippen molar-refractivity contribution in [3.8, 4) is 11.5 Å². The first-order valence-electron chi connectivity index (χ1n) is 8.39. The number of carbonyl (C=O) groups is 1. The first kappa shape index (κ1) is 17.8. The van der Waals surface area contributed by atoms with Crippen molar-refractivity contribution < 1.29 is 14.3 Å². The Morgan fingerprint density at radius 1 is 1.00 bits per heavy atom. The van der Waals surface area contributed by atoms with Gasteiger partial charge < -0.3 is 9.47 Å². The van der Waals surface area contributed by atoms with Crippen molar-refractivity contribution >= 4 is 11.9 Å². The first-order valence-corrected chi connectivity index (χ1v) is 8.39. The molecule has 0 aliphatic carbocycles. The normalized spacial score (nSPS) is 10.8. The summed E-state index contributed by atoms with van der Waals surface area (Å²) in [4.78, 5) is 12.3. The molecule has 0 radical (unpaired) electrons. The van der Waals surface area contributed by atoms with Crippen LogP contribution in [0.2, 0.25) is 0 Å². The van der Waals surface area contributed by atoms with Gasteiger partial charge in [-0.2, -0.15) is 0 Å². The Hall–Kier alpha value is -2.55. The third-order valence-corrected chi connectivity index (χ3v) is 3.61. The van der Waals surface area contributed by atoms with Gasteiger partial charge in [-0.1, -0.05) is 37.3 Å². The van der Waals surface area contributed by atoms with E-state index in [1.807, 2.05) is 62.4 Å². The molecule has 2 aromatic rings. The van der Waals surface area contributed by atoms with Gasteiger partial charge in [0.15, 0.2) is 17.3 Å². The highest BCUT2D eigenvalue weighted by Gasteiger charge is 2.12. The van der Waals surface area contributed by atoms with Gasteiger partial charge in [-0.15, -0.1) is 0 Å². The van der Waals surface area contributed by atoms with Gasteiger partial charge in [0.1, 0.15) is 0 Å². The Kier molecular flexibility index (Phi) is 6.62. The van der Waals surface area contributed by atoms with Crippen molar-refractivity contribution in [3.63, 3.8) is 0 Å². The number of carbonyl (C=O) groups excluding carboxylic acids is 1. The van der Waals surface area contributed by atoms with Crippen LogP contribution in [-0.4, -0.2) is 19.0 Å². The van der Waals surface area contributed by atoms with Crippen LogP contribution < -0.4 is 9.47 Å². The van der Waals surface area contributed by atoms with Gasteiger partial charge in [-0.05, 0) is 50.1 Å². The summed E-state index contributed by atoms with van der Waals surface area (Å²) in [6, 6.07) is 13.3. The molecule has 0 N–H and O–H groups in total. The van der Waals surface area contributed by atoms with Gasteiger partial charge in [-0.3, -0.25) is 4.79 Å². The van der Waals surface area contributed by atoms with Crippen LogP contribution in [0.3, 0.4) is 0 Å². The summed E-state index contributed by atoms with van der Waals surface area (Å²) < 4.78 is 11.5. The summed E-state index contributed by atoms with van der Waals surface area (Å²) in [6.45, 7) is 7.08. The standard InChI is InChI=1S/C21H24O3/c1-4-16-14-18(21(24-6-3)20(15-16)23-5-2)12-13-19(22)17-10-8-7-9-11-17/h7-15H,4-6H2,1-3H3. The van der Waals surface area contributed by atoms with Crippen LogP contribution in [0, 0.1) is 0 Å². The Morgan fingerprint density at radius 3 is 2.33 bits per heavy atom. The maximum Gasteiger partial charge on any atom is 0.185 e. The number of ketones is 1. The van der Waals surface area contributed by atoms with E-state index in [9.17, 15) is 4.79 Å². The van der Waals surface area contributed by atoms with Crippen LogP contribution in [-0.2, 0) is 6.42 Å². The highest BCUT2D eigenvalue weighted by molar-refractivity contribution is 6.06. The Bertz CT molecular complexity index is 703. The minimum atomic E-state index is -0.0297. The maximum atomic E-state index is 12.3. The molecule has 0 fully saturated rings. The topological polar surface area (TPSA) is 35.5 Å². The lowest BCUT2D eigenvalue weighted by Gasteiger charge is -2.15. The van der Waals surface area contributed by atoms with Crippen molar-refractivity contribution in [1.82, 2.24) is 0 Å². The van der Waals surface area contributed by atoms with Gasteiger partial charge in [0.25, 0.3) is 0 Å². The number of aryl methyl sites for hydroxylation is 1. The van der Waals surface area contributed by atoms with Crippen molar-refractivity contribution in [2.24, 2.45) is 0 Å². The summed E-state index contributed by atoms with van der Waals surface area (Å²) in [7, 11) is 0. The zero-order valence-corrected chi connectivity index (χ0v) is 14.5. The quantitative estimate of drug-likeness (QED) is 0.509. The summed E-state index contributed by atoms with van der Waals surface area (Å²) in [5.41, 5.74) is 2.68. The van der Waals surface area contributed by atoms with Gasteiger partial charge in [0.2, 0.25) is 0 Å². The molecular weight excluding hydrogens is 300 g/mol. The molecule has 0 saturated heterocycles. The molecule has 0 aromatic heterocycles. The second-order valence-corrected chi connectivity index (χ2v) is 5.30. The lowest BCUT2D eigenvalue weighted by atomic mass is 10.0. The minimum absolute atomic E-state index is 0.0297. The molecule has 3 nitrogen and oxygen atoms in total. The number of ether oxygens (including phenoxy) is 2. The van der Waals surface area contributed by atoms with E-state index in [4.69, 9.17) is 9.47 Å². The first-order chi connectivity index (χ1) is 11.7. The fourth-order valence-electron chi connectivity index (χ4n) is 2.44. The highest BCUT2D eigenvalue weighted by atomic mass is 16.5. The zero-order chi connectivity index (χ0) is 17.4. The molecular formula is C21H24O3. The maximum absolute atomic E-state index is 12.3. The van der Waals surface area contributed by atoms with Crippen molar-refractivity contribution in [2.75, 3.05) is 13.2 Å². The number of benzene rings is 2. The Morgan fingerprint density at radius 2 is 1.71 bits per heavy atom. The second kappa shape index (κ2) is 8.92. The van der Waals surface area contributed by atoms with Gasteiger partial charge >= 0.3 is 0 Å². The van der Waals surface area contributed by atoms with E-state index in [1.165, 1.54) is 0 Å². The summed E-state index contributed by atoms with van der Waals surface area (Å²) in [5, 5.41) is 0. The zero-order valence-electron chi connectivity index (χ0n) is 14.5. The van der Waals surface area contributed by atoms with Crippen LogP contribution in [0.15, 0.2) is 48.5 Å². The minimum Gasteiger partial charge on any atom is -0.490 e. The monoisotopic (exact) mass is 324 g/mol. The Labute approximate surface area is 143 Å². The molecule has 0 spiro atoms. The second-order valence-electron chi connectivity index (χ2n) is 5.30. The molecule has 0 aliphatic rings. The van der Waals surface area contributed by atoms with Crippen LogP contribution in [0.25, 0.3) is 6.08 Å². The molecule has 24 heavy (non-hydrogen) atoms. The lowest BCUT2D eigenvalue weighted by molar-refractivity contribution is 0.104. The fraction of sp³-hybridized carbons (Fsp3) is 0.286. The molecule has 2 rings (SSSR count). The molecule has 0 amide bonds. The molecule has 0 saturated carbocycles. The van der Waals surface area contributed by atoms with E-state index >= 15 is 0 Å². The predicted molar refractivity (Wildman–Crippen MR) is 98.0 cm³/mol. The molecule has 0 aliphatic heterocycles. The number of hydrogen-bond acceptors (Lipinski definition) is 3. The van der Waals surface area contributed by atoms with Gasteiger partial charge in [-0.25, -0.2) is 0 Å². The lowest BCUT2D eigenvalue weighted by Crippen LogP contribution is -2.02. The van der Waals surface area contributed by atoms with Gasteiger partial charge in [0.05, 0.1) is 13.2 Å². The number of rotatable bonds is 8. The van der Waals surface area contributed by atoms with E-state index in [1.54, 1.807) is 6.08 Å². The molecule has 126 valence electrons. The third kappa shape index (κ3) is 4.48. The van der Waals surface area contributed by atoms with Crippen LogP contribution >= 0.6 is 0 Å². The SMILES string of the molecule is CCOc1cc(CC)cc(C=CC(=O)c2ccccc2)c1OCC. The van der Waals surface area contributed by atoms with Crippen molar-refractivity contribution in [1.29, 1.82) is 0 Å². The van der Waals surface area contributed by atoms with E-state index < -0.39 is 0 Å². The molecule has 0 atom stereocenters. The third-order valence-electron chi connectivity index (χ3n) is 3.61. The largest absolute Gasteiger partial charge is 0.490 e. The summed E-state index contributed by atoms with van der Waals surface area (Å²) >= 11 is 0. The van der Waals surface area contributed by atoms with E-state index in [0.717, 1.165) is 23.3 Å².